The Morgan fingerprint density at radius 3 is 1.67 bits per heavy atom. The first-order valence-corrected chi connectivity index (χ1v) is 24.1. The molecule has 2 aliphatic heterocycles. The maximum Gasteiger partial charge on any atom is 0.226 e. The third kappa shape index (κ3) is 8.73. The van der Waals surface area contributed by atoms with Crippen molar-refractivity contribution in [3.8, 4) is 0 Å². The summed E-state index contributed by atoms with van der Waals surface area (Å²) in [5, 5.41) is 40.7. The van der Waals surface area contributed by atoms with E-state index < -0.39 is 11.2 Å². The lowest BCUT2D eigenvalue weighted by Crippen LogP contribution is -2.47. The van der Waals surface area contributed by atoms with E-state index >= 15 is 0 Å². The second-order valence-corrected chi connectivity index (χ2v) is 20.5. The van der Waals surface area contributed by atoms with Crippen LogP contribution in [0.1, 0.15) is 76.0 Å². The summed E-state index contributed by atoms with van der Waals surface area (Å²) in [5.74, 6) is 0.0238. The fraction of sp³-hybridized carbons (Fsp3) is 0.378. The number of carbonyl (C=O) groups excluding carboxylic acids is 1. The van der Waals surface area contributed by atoms with Crippen LogP contribution in [0.15, 0.2) is 91.2 Å². The van der Waals surface area contributed by atoms with Crippen molar-refractivity contribution in [2.75, 3.05) is 26.2 Å². The van der Waals surface area contributed by atoms with Gasteiger partial charge < -0.3 is 25.6 Å². The molecular weight excluding hydrogens is 1070 g/mol. The smallest absolute Gasteiger partial charge is 0.226 e. The molecule has 2 atom stereocenters. The highest BCUT2D eigenvalue weighted by Gasteiger charge is 2.49. The van der Waals surface area contributed by atoms with E-state index in [4.69, 9.17) is 33.2 Å². The van der Waals surface area contributed by atoms with Gasteiger partial charge in [0.25, 0.3) is 0 Å². The summed E-state index contributed by atoms with van der Waals surface area (Å²) in [6.45, 7) is 2.93. The molecule has 2 aliphatic carbocycles. The number of nitrogens with zero attached hydrogens (tertiary/aromatic N) is 4. The third-order valence-corrected chi connectivity index (χ3v) is 15.1. The molecule has 0 spiro atoms. The van der Waals surface area contributed by atoms with Gasteiger partial charge in [-0.15, -0.1) is 0 Å². The van der Waals surface area contributed by atoms with E-state index in [1.165, 1.54) is 12.4 Å². The minimum absolute atomic E-state index is 0.0239. The Labute approximate surface area is 393 Å². The molecule has 3 aromatic heterocycles. The predicted molar refractivity (Wildman–Crippen MR) is 247 cm³/mol. The van der Waals surface area contributed by atoms with Crippen LogP contribution >= 0.6 is 86.9 Å². The van der Waals surface area contributed by atoms with E-state index in [1.807, 2.05) is 35.2 Å². The van der Waals surface area contributed by atoms with Crippen LogP contribution in [0.25, 0.3) is 0 Å². The molecule has 5 aromatic rings. The molecular formula is C45H43Br4Cl2N5O4. The lowest BCUT2D eigenvalue weighted by Gasteiger charge is -2.42. The molecule has 1 amide bonds. The number of hydrogen-bond acceptors (Lipinski definition) is 7. The van der Waals surface area contributed by atoms with Crippen molar-refractivity contribution in [3.63, 3.8) is 0 Å². The van der Waals surface area contributed by atoms with E-state index in [9.17, 15) is 20.2 Å². The Balaban J connectivity index is 0.000000176. The number of fused-ring (bicyclic) bond motifs is 4. The highest BCUT2D eigenvalue weighted by Crippen LogP contribution is 2.50. The fourth-order valence-corrected chi connectivity index (χ4v) is 12.8. The maximum absolute atomic E-state index is 12.9. The summed E-state index contributed by atoms with van der Waals surface area (Å²) in [4.78, 5) is 24.2. The molecule has 2 fully saturated rings. The van der Waals surface area contributed by atoms with E-state index in [0.717, 1.165) is 114 Å². The van der Waals surface area contributed by atoms with Crippen LogP contribution in [0, 0.1) is 17.0 Å². The first-order chi connectivity index (χ1) is 28.7. The van der Waals surface area contributed by atoms with Gasteiger partial charge in [0.2, 0.25) is 5.91 Å². The molecule has 5 heterocycles. The van der Waals surface area contributed by atoms with Crippen LogP contribution in [0.3, 0.4) is 0 Å². The van der Waals surface area contributed by atoms with Crippen LogP contribution < -0.4 is 10.0 Å². The number of aryl methyl sites for hydroxylation is 4. The Kier molecular flexibility index (Phi) is 13.5. The number of nitrogens with one attached hydrogen (secondary N) is 1. The molecule has 4 aliphatic rings. The molecule has 9 rings (SSSR count). The Morgan fingerprint density at radius 2 is 1.18 bits per heavy atom. The van der Waals surface area contributed by atoms with Gasteiger partial charge in [-0.05, 0) is 161 Å². The molecule has 0 radical (unpaired) electrons. The van der Waals surface area contributed by atoms with Crippen molar-refractivity contribution in [2.24, 2.45) is 11.8 Å². The largest absolute Gasteiger partial charge is 0.619 e. The van der Waals surface area contributed by atoms with E-state index in [2.05, 4.69) is 75.1 Å². The number of likely N-dealkylation sites (tertiary alicyclic amines) is 1. The second kappa shape index (κ2) is 18.3. The summed E-state index contributed by atoms with van der Waals surface area (Å²) in [6, 6.07) is 15.1. The zero-order valence-electron chi connectivity index (χ0n) is 32.5. The number of hydrogen-bond donors (Lipinski definition) is 3. The number of piperidine rings is 2. The number of amides is 1. The predicted octanol–water partition coefficient (Wildman–Crippen LogP) is 9.30. The lowest BCUT2D eigenvalue weighted by molar-refractivity contribution is -0.605. The molecule has 15 heteroatoms. The average Bonchev–Trinajstić information content (AvgIpc) is 3.43. The number of rotatable bonds is 4. The first kappa shape index (κ1) is 44.2. The van der Waals surface area contributed by atoms with Crippen molar-refractivity contribution in [3.05, 3.63) is 157 Å². The van der Waals surface area contributed by atoms with Crippen molar-refractivity contribution in [1.29, 1.82) is 0 Å². The van der Waals surface area contributed by atoms with Gasteiger partial charge in [-0.25, -0.2) is 0 Å². The molecule has 9 nitrogen and oxygen atoms in total. The van der Waals surface area contributed by atoms with Crippen molar-refractivity contribution in [2.45, 2.75) is 69.0 Å². The number of benzene rings is 2. The minimum atomic E-state index is -1.30. The van der Waals surface area contributed by atoms with Crippen LogP contribution in [0.5, 0.6) is 0 Å². The number of aliphatic hydroxyl groups is 2. The van der Waals surface area contributed by atoms with Gasteiger partial charge in [0, 0.05) is 88.5 Å². The Hall–Kier alpha value is -2.46. The first-order valence-electron chi connectivity index (χ1n) is 20.1. The SMILES string of the molecule is O=C(Cc1cc[n+]([O-])cc1)N1CCC(C2(O)c3ncc(Br)cc3CCc3cc(Cl)cc(Br)c32)CC1.OC1(C2CCNCC2)c2ncc(Br)cc2CCc2cc(Cl)cc(Br)c21. The Bertz CT molecular complexity index is 2430. The lowest BCUT2D eigenvalue weighted by atomic mass is 9.72. The molecule has 2 unspecified atom stereocenters. The molecule has 2 aromatic carbocycles. The molecule has 3 N–H and O–H groups in total. The number of pyridine rings is 3. The molecule has 0 bridgehead atoms. The number of aromatic nitrogens is 3. The zero-order chi connectivity index (χ0) is 42.3. The molecule has 60 heavy (non-hydrogen) atoms. The Morgan fingerprint density at radius 1 is 0.733 bits per heavy atom. The van der Waals surface area contributed by atoms with Crippen molar-refractivity contribution >= 4 is 92.8 Å². The van der Waals surface area contributed by atoms with E-state index in [1.54, 1.807) is 24.5 Å². The second-order valence-electron chi connectivity index (χ2n) is 16.1. The zero-order valence-corrected chi connectivity index (χ0v) is 40.4. The molecule has 0 saturated carbocycles. The quantitative estimate of drug-likeness (QED) is 0.121. The third-order valence-electron chi connectivity index (χ3n) is 12.5. The summed E-state index contributed by atoms with van der Waals surface area (Å²) >= 11 is 27.1. The number of halogens is 6. The highest BCUT2D eigenvalue weighted by molar-refractivity contribution is 9.11. The average molecular weight is 1110 g/mol. The van der Waals surface area contributed by atoms with Crippen LogP contribution in [-0.4, -0.2) is 57.2 Å². The topological polar surface area (TPSA) is 126 Å². The number of carbonyl (C=O) groups is 1. The minimum Gasteiger partial charge on any atom is -0.619 e. The van der Waals surface area contributed by atoms with E-state index in [0.29, 0.717) is 46.4 Å². The fourth-order valence-electron chi connectivity index (χ4n) is 9.74. The standard InChI is InChI=1S/C26H24Br2ClN3O3.C19H19Br2ClN2O/c27-20-12-18-2-1-17-13-21(29)14-22(28)24(17)26(34,25(18)30-15-20)19-5-7-31(8-6-19)23(33)11-16-3-9-32(35)10-4-16;20-14-7-12-2-1-11-8-15(22)9-16(21)17(11)19(25,18(12)24-10-14)13-3-5-23-6-4-13/h3-4,9-10,12-15,19,34H,1-2,5-8,11H2;7-10,13,23,25H,1-6H2. The van der Waals surface area contributed by atoms with Crippen molar-refractivity contribution in [1.82, 2.24) is 20.2 Å². The van der Waals surface area contributed by atoms with Gasteiger partial charge >= 0.3 is 0 Å². The van der Waals surface area contributed by atoms with Crippen molar-refractivity contribution < 1.29 is 19.7 Å². The van der Waals surface area contributed by atoms with Gasteiger partial charge in [-0.2, -0.15) is 4.73 Å². The highest BCUT2D eigenvalue weighted by atomic mass is 79.9. The van der Waals surface area contributed by atoms with Gasteiger partial charge in [-0.1, -0.05) is 55.1 Å². The maximum atomic E-state index is 12.9. The molecule has 2 saturated heterocycles. The van der Waals surface area contributed by atoms with E-state index in [-0.39, 0.29) is 24.2 Å². The monoisotopic (exact) mass is 1100 g/mol. The van der Waals surface area contributed by atoms with Crippen LogP contribution in [-0.2, 0) is 48.1 Å². The summed E-state index contributed by atoms with van der Waals surface area (Å²) < 4.78 is 4.18. The normalized spacial score (nSPS) is 21.6. The van der Waals surface area contributed by atoms with Gasteiger partial charge in [0.1, 0.15) is 11.2 Å². The summed E-state index contributed by atoms with van der Waals surface area (Å²) in [6.07, 6.45) is 12.9. The van der Waals surface area contributed by atoms with Crippen LogP contribution in [0.4, 0.5) is 0 Å². The summed E-state index contributed by atoms with van der Waals surface area (Å²) in [7, 11) is 0. The molecule has 314 valence electrons. The van der Waals surface area contributed by atoms with Gasteiger partial charge in [0.15, 0.2) is 12.4 Å². The van der Waals surface area contributed by atoms with Gasteiger partial charge in [0.05, 0.1) is 17.8 Å². The van der Waals surface area contributed by atoms with Gasteiger partial charge in [-0.3, -0.25) is 14.8 Å². The summed E-state index contributed by atoms with van der Waals surface area (Å²) in [5.41, 5.74) is 5.89. The van der Waals surface area contributed by atoms with Crippen LogP contribution in [0.2, 0.25) is 10.0 Å².